The van der Waals surface area contributed by atoms with Gasteiger partial charge in [-0.25, -0.2) is 9.78 Å². The molecule has 0 fully saturated rings. The quantitative estimate of drug-likeness (QED) is 0.668. The maximum atomic E-state index is 12.6. The number of H-pyrrole nitrogens is 1. The summed E-state index contributed by atoms with van der Waals surface area (Å²) >= 11 is 5.95. The van der Waals surface area contributed by atoms with Gasteiger partial charge in [0.1, 0.15) is 5.82 Å². The van der Waals surface area contributed by atoms with Gasteiger partial charge in [0.25, 0.3) is 5.56 Å². The van der Waals surface area contributed by atoms with Gasteiger partial charge in [0.2, 0.25) is 0 Å². The molecule has 0 atom stereocenters. The first-order valence-electron chi connectivity index (χ1n) is 9.31. The van der Waals surface area contributed by atoms with Crippen molar-refractivity contribution in [2.24, 2.45) is 0 Å². The minimum absolute atomic E-state index is 0.0905. The summed E-state index contributed by atoms with van der Waals surface area (Å²) in [5.74, 6) is 0.191. The molecule has 29 heavy (non-hydrogen) atoms. The third-order valence-electron chi connectivity index (χ3n) is 5.02. The van der Waals surface area contributed by atoms with Crippen LogP contribution in [0.15, 0.2) is 53.3 Å². The summed E-state index contributed by atoms with van der Waals surface area (Å²) in [6, 6.07) is 14.6. The number of fused-ring (bicyclic) bond motifs is 1. The smallest absolute Gasteiger partial charge is 0.337 e. The second-order valence-electron chi connectivity index (χ2n) is 7.00. The Labute approximate surface area is 173 Å². The fourth-order valence-corrected chi connectivity index (χ4v) is 3.67. The van der Waals surface area contributed by atoms with E-state index < -0.39 is 0 Å². The number of methoxy groups -OCH3 is 1. The Balaban J connectivity index is 1.57. The Hall–Kier alpha value is -2.96. The predicted molar refractivity (Wildman–Crippen MR) is 111 cm³/mol. The maximum absolute atomic E-state index is 12.6. The average Bonchev–Trinajstić information content (AvgIpc) is 2.73. The van der Waals surface area contributed by atoms with E-state index in [9.17, 15) is 9.59 Å². The molecular formula is C22H20ClN3O3. The fraction of sp³-hybridized carbons (Fsp3) is 0.227. The van der Waals surface area contributed by atoms with Gasteiger partial charge in [-0.15, -0.1) is 0 Å². The van der Waals surface area contributed by atoms with Crippen molar-refractivity contribution in [1.29, 1.82) is 0 Å². The summed E-state index contributed by atoms with van der Waals surface area (Å²) < 4.78 is 4.79. The number of esters is 1. The van der Waals surface area contributed by atoms with Crippen LogP contribution in [0.4, 0.5) is 0 Å². The highest BCUT2D eigenvalue weighted by Crippen LogP contribution is 2.21. The number of halogens is 1. The monoisotopic (exact) mass is 409 g/mol. The SMILES string of the molecule is COC(=O)c1cccc(CN2CCc3c(nc(-c4ccc(Cl)cc4)[nH]c3=O)C2)c1. The van der Waals surface area contributed by atoms with Crippen LogP contribution in [-0.4, -0.2) is 34.5 Å². The number of benzene rings is 2. The van der Waals surface area contributed by atoms with Crippen molar-refractivity contribution in [2.45, 2.75) is 19.5 Å². The van der Waals surface area contributed by atoms with Crippen LogP contribution in [0, 0.1) is 0 Å². The van der Waals surface area contributed by atoms with Gasteiger partial charge in [-0.05, 0) is 48.4 Å². The number of hydrogen-bond donors (Lipinski definition) is 1. The molecule has 0 saturated heterocycles. The van der Waals surface area contributed by atoms with Crippen molar-refractivity contribution in [1.82, 2.24) is 14.9 Å². The van der Waals surface area contributed by atoms with Crippen LogP contribution in [0.3, 0.4) is 0 Å². The third kappa shape index (κ3) is 4.23. The van der Waals surface area contributed by atoms with Gasteiger partial charge in [0, 0.05) is 35.8 Å². The van der Waals surface area contributed by atoms with E-state index in [0.29, 0.717) is 35.9 Å². The van der Waals surface area contributed by atoms with Crippen molar-refractivity contribution in [3.05, 3.63) is 86.3 Å². The molecule has 1 aromatic heterocycles. The van der Waals surface area contributed by atoms with E-state index in [1.807, 2.05) is 30.3 Å². The second kappa shape index (κ2) is 8.19. The minimum Gasteiger partial charge on any atom is -0.465 e. The zero-order chi connectivity index (χ0) is 20.4. The number of hydrogen-bond acceptors (Lipinski definition) is 5. The highest BCUT2D eigenvalue weighted by Gasteiger charge is 2.22. The van der Waals surface area contributed by atoms with Crippen LogP contribution in [0.25, 0.3) is 11.4 Å². The van der Waals surface area contributed by atoms with E-state index in [1.165, 1.54) is 7.11 Å². The number of rotatable bonds is 4. The van der Waals surface area contributed by atoms with Crippen LogP contribution in [0.5, 0.6) is 0 Å². The lowest BCUT2D eigenvalue weighted by atomic mass is 10.0. The van der Waals surface area contributed by atoms with Crippen molar-refractivity contribution in [3.8, 4) is 11.4 Å². The lowest BCUT2D eigenvalue weighted by Crippen LogP contribution is -2.35. The molecule has 1 N–H and O–H groups in total. The summed E-state index contributed by atoms with van der Waals surface area (Å²) in [6.45, 7) is 1.98. The van der Waals surface area contributed by atoms with Crippen molar-refractivity contribution in [2.75, 3.05) is 13.7 Å². The number of aromatic nitrogens is 2. The van der Waals surface area contributed by atoms with Crippen LogP contribution < -0.4 is 5.56 Å². The summed E-state index contributed by atoms with van der Waals surface area (Å²) in [5, 5.41) is 0.634. The minimum atomic E-state index is -0.350. The molecule has 0 amide bonds. The molecule has 0 saturated carbocycles. The standard InChI is InChI=1S/C22H20ClN3O3/c1-29-22(28)16-4-2-3-14(11-16)12-26-10-9-18-19(13-26)24-20(25-21(18)27)15-5-7-17(23)8-6-15/h2-8,11H,9-10,12-13H2,1H3,(H,24,25,27). The summed E-state index contributed by atoms with van der Waals surface area (Å²) in [7, 11) is 1.37. The molecule has 1 aliphatic rings. The molecule has 7 heteroatoms. The fourth-order valence-electron chi connectivity index (χ4n) is 3.55. The summed E-state index contributed by atoms with van der Waals surface area (Å²) in [6.07, 6.45) is 0.634. The zero-order valence-corrected chi connectivity index (χ0v) is 16.7. The van der Waals surface area contributed by atoms with Crippen LogP contribution in [0.2, 0.25) is 5.02 Å². The van der Waals surface area contributed by atoms with Crippen LogP contribution in [-0.2, 0) is 24.2 Å². The largest absolute Gasteiger partial charge is 0.465 e. The molecule has 0 aliphatic carbocycles. The normalized spacial score (nSPS) is 13.7. The van der Waals surface area contributed by atoms with Crippen molar-refractivity contribution < 1.29 is 9.53 Å². The van der Waals surface area contributed by atoms with Crippen molar-refractivity contribution >= 4 is 17.6 Å². The average molecular weight is 410 g/mol. The highest BCUT2D eigenvalue weighted by atomic mass is 35.5. The molecule has 6 nitrogen and oxygen atoms in total. The van der Waals surface area contributed by atoms with E-state index in [4.69, 9.17) is 21.3 Å². The van der Waals surface area contributed by atoms with Gasteiger partial charge in [-0.2, -0.15) is 0 Å². The molecule has 1 aliphatic heterocycles. The predicted octanol–water partition coefficient (Wildman–Crippen LogP) is 3.44. The van der Waals surface area contributed by atoms with E-state index in [2.05, 4.69) is 9.88 Å². The second-order valence-corrected chi connectivity index (χ2v) is 7.44. The lowest BCUT2D eigenvalue weighted by molar-refractivity contribution is 0.0600. The van der Waals surface area contributed by atoms with E-state index in [1.54, 1.807) is 18.2 Å². The van der Waals surface area contributed by atoms with Crippen LogP contribution in [0.1, 0.15) is 27.2 Å². The molecule has 148 valence electrons. The molecule has 2 heterocycles. The van der Waals surface area contributed by atoms with E-state index in [-0.39, 0.29) is 11.5 Å². The Morgan fingerprint density at radius 1 is 1.24 bits per heavy atom. The molecule has 0 unspecified atom stereocenters. The zero-order valence-electron chi connectivity index (χ0n) is 15.9. The van der Waals surface area contributed by atoms with Gasteiger partial charge >= 0.3 is 5.97 Å². The number of aromatic amines is 1. The Bertz CT molecular complexity index is 1110. The molecular weight excluding hydrogens is 390 g/mol. The summed E-state index contributed by atoms with van der Waals surface area (Å²) in [5.41, 5.74) is 3.79. The summed E-state index contributed by atoms with van der Waals surface area (Å²) in [4.78, 5) is 34.1. The molecule has 0 radical (unpaired) electrons. The maximum Gasteiger partial charge on any atom is 0.337 e. The van der Waals surface area contributed by atoms with Gasteiger partial charge in [-0.1, -0.05) is 23.7 Å². The molecule has 2 aromatic carbocycles. The number of carbonyl (C=O) groups is 1. The van der Waals surface area contributed by atoms with E-state index >= 15 is 0 Å². The highest BCUT2D eigenvalue weighted by molar-refractivity contribution is 6.30. The number of ether oxygens (including phenoxy) is 1. The number of nitrogens with one attached hydrogen (secondary N) is 1. The molecule has 0 bridgehead atoms. The lowest BCUT2D eigenvalue weighted by Gasteiger charge is -2.27. The topological polar surface area (TPSA) is 75.3 Å². The molecule has 3 aromatic rings. The first kappa shape index (κ1) is 19.4. The van der Waals surface area contributed by atoms with Gasteiger partial charge in [-0.3, -0.25) is 9.69 Å². The Morgan fingerprint density at radius 2 is 2.03 bits per heavy atom. The van der Waals surface area contributed by atoms with E-state index in [0.717, 1.165) is 28.9 Å². The van der Waals surface area contributed by atoms with Crippen LogP contribution >= 0.6 is 11.6 Å². The number of nitrogens with zero attached hydrogens (tertiary/aromatic N) is 2. The first-order chi connectivity index (χ1) is 14.0. The third-order valence-corrected chi connectivity index (χ3v) is 5.28. The molecule has 0 spiro atoms. The first-order valence-corrected chi connectivity index (χ1v) is 9.69. The van der Waals surface area contributed by atoms with Gasteiger partial charge in [0.15, 0.2) is 0 Å². The van der Waals surface area contributed by atoms with Crippen molar-refractivity contribution in [3.63, 3.8) is 0 Å². The Kier molecular flexibility index (Phi) is 5.47. The number of carbonyl (C=O) groups excluding carboxylic acids is 1. The van der Waals surface area contributed by atoms with Gasteiger partial charge in [0.05, 0.1) is 18.4 Å². The molecule has 4 rings (SSSR count). The van der Waals surface area contributed by atoms with Gasteiger partial charge < -0.3 is 9.72 Å². The Morgan fingerprint density at radius 3 is 2.79 bits per heavy atom.